The molecule has 0 aromatic rings. The van der Waals surface area contributed by atoms with Crippen molar-refractivity contribution in [1.82, 2.24) is 0 Å². The SMILES string of the molecule is CC/C=C\C/C=C\C/C=C\C/C=C\C/C=C\C/C=C\CCCCCCCCCCCCCCCCCCCCCCC(=O)OC(COC(=O)CCCCCCCCCCCCCCCCCCC/C=C\C/C=C\C/C=C\C/C=C\C/C=C\CC)COC(OCC[N+](C)(C)C)C(=O)[O-]. The molecule has 0 bridgehead atoms. The van der Waals surface area contributed by atoms with Gasteiger partial charge < -0.3 is 33.3 Å². The van der Waals surface area contributed by atoms with Gasteiger partial charge in [0.2, 0.25) is 0 Å². The third-order valence-electron chi connectivity index (χ3n) is 17.4. The summed E-state index contributed by atoms with van der Waals surface area (Å²) in [5.41, 5.74) is 0. The first-order chi connectivity index (χ1) is 47.6. The van der Waals surface area contributed by atoms with Crippen LogP contribution in [0.3, 0.4) is 0 Å². The summed E-state index contributed by atoms with van der Waals surface area (Å²) in [4.78, 5) is 37.6. The molecule has 0 aromatic heterocycles. The van der Waals surface area contributed by atoms with Crippen molar-refractivity contribution in [2.45, 2.75) is 360 Å². The van der Waals surface area contributed by atoms with Gasteiger partial charge in [-0.25, -0.2) is 0 Å². The summed E-state index contributed by atoms with van der Waals surface area (Å²) in [6, 6.07) is 0. The van der Waals surface area contributed by atoms with E-state index in [1.54, 1.807) is 0 Å². The maximum absolute atomic E-state index is 13.0. The molecule has 97 heavy (non-hydrogen) atoms. The molecular formula is C88H151NO8. The van der Waals surface area contributed by atoms with Crippen LogP contribution in [-0.2, 0) is 33.3 Å². The number of likely N-dealkylation sites (N-methyl/N-ethyl adjacent to an activating group) is 1. The summed E-state index contributed by atoms with van der Waals surface area (Å²) in [7, 11) is 5.94. The molecular weight excluding hydrogens is 1200 g/mol. The Balaban J connectivity index is 4.01. The van der Waals surface area contributed by atoms with Crippen molar-refractivity contribution in [3.63, 3.8) is 0 Å². The summed E-state index contributed by atoms with van der Waals surface area (Å²) in [5.74, 6) is -2.27. The van der Waals surface area contributed by atoms with E-state index < -0.39 is 24.3 Å². The molecule has 0 amide bonds. The quantitative estimate of drug-likeness (QED) is 0.0195. The minimum atomic E-state index is -1.63. The number of rotatable bonds is 74. The van der Waals surface area contributed by atoms with Gasteiger partial charge in [-0.1, -0.05) is 359 Å². The van der Waals surface area contributed by atoms with E-state index >= 15 is 0 Å². The number of hydrogen-bond acceptors (Lipinski definition) is 8. The Bertz CT molecular complexity index is 2060. The number of carboxylic acids is 1. The van der Waals surface area contributed by atoms with Crippen LogP contribution in [0.1, 0.15) is 348 Å². The van der Waals surface area contributed by atoms with Crippen molar-refractivity contribution in [3.05, 3.63) is 134 Å². The zero-order valence-corrected chi connectivity index (χ0v) is 63.7. The van der Waals surface area contributed by atoms with E-state index in [-0.39, 0.29) is 32.2 Å². The minimum absolute atomic E-state index is 0.146. The van der Waals surface area contributed by atoms with Gasteiger partial charge in [0.1, 0.15) is 13.2 Å². The molecule has 556 valence electrons. The van der Waals surface area contributed by atoms with E-state index in [0.29, 0.717) is 23.9 Å². The summed E-state index contributed by atoms with van der Waals surface area (Å²) < 4.78 is 22.9. The van der Waals surface area contributed by atoms with Crippen LogP contribution < -0.4 is 5.11 Å². The molecule has 0 fully saturated rings. The first-order valence-corrected chi connectivity index (χ1v) is 40.3. The van der Waals surface area contributed by atoms with E-state index in [2.05, 4.69) is 148 Å². The van der Waals surface area contributed by atoms with Crippen LogP contribution >= 0.6 is 0 Å². The highest BCUT2D eigenvalue weighted by atomic mass is 16.7. The zero-order chi connectivity index (χ0) is 70.4. The molecule has 2 unspecified atom stereocenters. The monoisotopic (exact) mass is 1350 g/mol. The van der Waals surface area contributed by atoms with Crippen LogP contribution in [0, 0.1) is 0 Å². The van der Waals surface area contributed by atoms with Crippen LogP contribution in [0.2, 0.25) is 0 Å². The number of carbonyl (C=O) groups is 3. The lowest BCUT2D eigenvalue weighted by molar-refractivity contribution is -0.870. The lowest BCUT2D eigenvalue weighted by atomic mass is 10.0. The highest BCUT2D eigenvalue weighted by Crippen LogP contribution is 2.19. The molecule has 0 aliphatic rings. The van der Waals surface area contributed by atoms with Crippen LogP contribution in [0.25, 0.3) is 0 Å². The number of nitrogens with zero attached hydrogens (tertiary/aromatic N) is 1. The third-order valence-corrected chi connectivity index (χ3v) is 17.4. The van der Waals surface area contributed by atoms with E-state index in [4.69, 9.17) is 18.9 Å². The van der Waals surface area contributed by atoms with Crippen LogP contribution in [0.4, 0.5) is 0 Å². The topological polar surface area (TPSA) is 111 Å². The number of quaternary nitrogens is 1. The second-order valence-corrected chi connectivity index (χ2v) is 27.9. The Kier molecular flexibility index (Phi) is 73.5. The Labute approximate surface area is 599 Å². The van der Waals surface area contributed by atoms with Crippen molar-refractivity contribution < 1.29 is 42.9 Å². The van der Waals surface area contributed by atoms with Gasteiger partial charge in [-0.15, -0.1) is 0 Å². The van der Waals surface area contributed by atoms with Crippen LogP contribution in [0.15, 0.2) is 134 Å². The molecule has 0 heterocycles. The van der Waals surface area contributed by atoms with Gasteiger partial charge in [0.25, 0.3) is 0 Å². The highest BCUT2D eigenvalue weighted by molar-refractivity contribution is 5.70. The van der Waals surface area contributed by atoms with Gasteiger partial charge in [0.05, 0.1) is 40.3 Å². The summed E-state index contributed by atoms with van der Waals surface area (Å²) in [6.45, 7) is 4.56. The van der Waals surface area contributed by atoms with Crippen molar-refractivity contribution in [2.75, 3.05) is 47.5 Å². The number of hydrogen-bond donors (Lipinski definition) is 0. The van der Waals surface area contributed by atoms with Gasteiger partial charge in [0, 0.05) is 12.8 Å². The molecule has 0 rings (SSSR count). The van der Waals surface area contributed by atoms with Gasteiger partial charge in [0.15, 0.2) is 12.4 Å². The van der Waals surface area contributed by atoms with Gasteiger partial charge >= 0.3 is 11.9 Å². The number of carbonyl (C=O) groups excluding carboxylic acids is 3. The minimum Gasteiger partial charge on any atom is -0.545 e. The molecule has 0 saturated carbocycles. The van der Waals surface area contributed by atoms with Crippen molar-refractivity contribution in [3.8, 4) is 0 Å². The Morgan fingerprint density at radius 3 is 0.825 bits per heavy atom. The lowest BCUT2D eigenvalue weighted by Gasteiger charge is -2.26. The third kappa shape index (κ3) is 78.6. The first kappa shape index (κ1) is 92.4. The largest absolute Gasteiger partial charge is 0.545 e. The Morgan fingerprint density at radius 2 is 0.557 bits per heavy atom. The highest BCUT2D eigenvalue weighted by Gasteiger charge is 2.22. The fraction of sp³-hybridized carbons (Fsp3) is 0.716. The maximum Gasteiger partial charge on any atom is 0.306 e. The van der Waals surface area contributed by atoms with E-state index in [1.165, 1.54) is 212 Å². The fourth-order valence-corrected chi connectivity index (χ4v) is 11.3. The van der Waals surface area contributed by atoms with Crippen molar-refractivity contribution in [1.29, 1.82) is 0 Å². The molecule has 0 aliphatic heterocycles. The first-order valence-electron chi connectivity index (χ1n) is 40.3. The van der Waals surface area contributed by atoms with Gasteiger partial charge in [-0.3, -0.25) is 9.59 Å². The number of ether oxygens (including phenoxy) is 4. The number of unbranched alkanes of at least 4 members (excludes halogenated alkanes) is 37. The van der Waals surface area contributed by atoms with Crippen LogP contribution in [-0.4, -0.2) is 82.3 Å². The van der Waals surface area contributed by atoms with Crippen molar-refractivity contribution in [2.24, 2.45) is 0 Å². The number of esters is 2. The zero-order valence-electron chi connectivity index (χ0n) is 63.7. The smallest absolute Gasteiger partial charge is 0.306 e. The summed E-state index contributed by atoms with van der Waals surface area (Å²) >= 11 is 0. The molecule has 0 saturated heterocycles. The standard InChI is InChI=1S/C88H151NO8/c1-6-8-10-12-14-16-18-20-22-24-26-28-30-32-34-36-38-40-41-42-43-44-45-47-49-51-53-55-57-59-61-63-65-67-69-71-73-75-77-79-86(91)97-84(83-96-88(87(92)93)94-81-80-89(3,4)5)82-95-85(90)78-76-74-72-70-68-66-64-62-60-58-56-54-52-50-48-46-39-37-35-33-31-29-27-25-23-21-19-17-15-13-11-9-7-2/h8-11,14-17,20-23,26-29,32-35,38,40,84,88H,6-7,12-13,18-19,24-25,30-31,36-37,39,41-83H2,1-5H3/b10-8-,11-9-,16-14-,17-15-,22-20-,23-21-,28-26-,29-27-,34-32-,35-33-,40-38-. The molecule has 0 aromatic carbocycles. The predicted molar refractivity (Wildman–Crippen MR) is 416 cm³/mol. The average molecular weight is 1350 g/mol. The fourth-order valence-electron chi connectivity index (χ4n) is 11.3. The van der Waals surface area contributed by atoms with Crippen LogP contribution in [0.5, 0.6) is 0 Å². The molecule has 9 nitrogen and oxygen atoms in total. The van der Waals surface area contributed by atoms with Crippen molar-refractivity contribution >= 4 is 17.9 Å². The molecule has 0 aliphatic carbocycles. The molecule has 0 N–H and O–H groups in total. The summed E-state index contributed by atoms with van der Waals surface area (Å²) in [6.07, 6.45) is 109. The Hall–Kier alpha value is -4.57. The van der Waals surface area contributed by atoms with E-state index in [0.717, 1.165) is 103 Å². The second kappa shape index (κ2) is 77.2. The molecule has 0 radical (unpaired) electrons. The second-order valence-electron chi connectivity index (χ2n) is 27.9. The van der Waals surface area contributed by atoms with E-state index in [9.17, 15) is 19.5 Å². The Morgan fingerprint density at radius 1 is 0.309 bits per heavy atom. The number of carboxylic acid groups (broad SMARTS) is 1. The van der Waals surface area contributed by atoms with Gasteiger partial charge in [-0.05, 0) is 109 Å². The summed E-state index contributed by atoms with van der Waals surface area (Å²) in [5, 5.41) is 11.9. The normalized spacial score (nSPS) is 13.4. The van der Waals surface area contributed by atoms with E-state index in [1.807, 2.05) is 21.1 Å². The predicted octanol–water partition coefficient (Wildman–Crippen LogP) is 24.7. The number of allylic oxidation sites excluding steroid dienone is 22. The lowest BCUT2D eigenvalue weighted by Crippen LogP contribution is -2.44. The molecule has 2 atom stereocenters. The molecule has 9 heteroatoms. The maximum atomic E-state index is 13.0. The average Bonchev–Trinajstić information content (AvgIpc) is 2.39. The van der Waals surface area contributed by atoms with Gasteiger partial charge in [-0.2, -0.15) is 0 Å². The molecule has 0 spiro atoms. The number of aliphatic carboxylic acids is 1.